The molecule has 0 bridgehead atoms. The van der Waals surface area contributed by atoms with Crippen LogP contribution in [0, 0.1) is 0 Å². The molecule has 78 valence electrons. The Labute approximate surface area is 105 Å². The van der Waals surface area contributed by atoms with Gasteiger partial charge in [-0.15, -0.1) is 23.1 Å². The van der Waals surface area contributed by atoms with Gasteiger partial charge in [-0.3, -0.25) is 0 Å². The molecule has 2 rings (SSSR count). The Morgan fingerprint density at radius 3 is 2.87 bits per heavy atom. The van der Waals surface area contributed by atoms with Crippen molar-refractivity contribution in [3.8, 4) is 0 Å². The molecule has 0 aliphatic heterocycles. The monoisotopic (exact) mass is 300 g/mol. The molecular weight excluding hydrogens is 292 g/mol. The normalized spacial score (nSPS) is 10.5. The summed E-state index contributed by atoms with van der Waals surface area (Å²) in [5, 5.41) is 0.637. The minimum Gasteiger partial charge on any atom is -0.375 e. The number of thiazole rings is 1. The molecule has 0 atom stereocenters. The van der Waals surface area contributed by atoms with E-state index in [0.29, 0.717) is 5.13 Å². The van der Waals surface area contributed by atoms with Crippen LogP contribution >= 0.6 is 39.0 Å². The van der Waals surface area contributed by atoms with Crippen molar-refractivity contribution in [2.75, 3.05) is 5.73 Å². The van der Waals surface area contributed by atoms with Gasteiger partial charge in [0.15, 0.2) is 5.13 Å². The average Bonchev–Trinajstić information content (AvgIpc) is 2.63. The third-order valence-corrected chi connectivity index (χ3v) is 4.86. The summed E-state index contributed by atoms with van der Waals surface area (Å²) in [5.41, 5.74) is 5.57. The van der Waals surface area contributed by atoms with Crippen LogP contribution in [0.2, 0.25) is 0 Å². The maximum Gasteiger partial charge on any atom is 0.180 e. The van der Waals surface area contributed by atoms with Crippen molar-refractivity contribution in [3.63, 3.8) is 0 Å². The molecule has 0 amide bonds. The van der Waals surface area contributed by atoms with E-state index in [1.54, 1.807) is 23.1 Å². The summed E-state index contributed by atoms with van der Waals surface area (Å²) in [6.07, 6.45) is 1.84. The van der Waals surface area contributed by atoms with E-state index >= 15 is 0 Å². The van der Waals surface area contributed by atoms with Crippen LogP contribution in [0.1, 0.15) is 4.88 Å². The molecule has 1 heterocycles. The summed E-state index contributed by atoms with van der Waals surface area (Å²) < 4.78 is 1.13. The largest absolute Gasteiger partial charge is 0.375 e. The molecule has 1 aromatic carbocycles. The number of thioether (sulfide) groups is 1. The van der Waals surface area contributed by atoms with Gasteiger partial charge in [0, 0.05) is 26.2 Å². The zero-order valence-electron chi connectivity index (χ0n) is 7.81. The molecule has 0 aliphatic rings. The van der Waals surface area contributed by atoms with Crippen LogP contribution in [-0.4, -0.2) is 4.98 Å². The average molecular weight is 301 g/mol. The summed E-state index contributed by atoms with van der Waals surface area (Å²) in [5.74, 6) is 0.914. The van der Waals surface area contributed by atoms with Crippen molar-refractivity contribution in [1.29, 1.82) is 0 Å². The van der Waals surface area contributed by atoms with Crippen LogP contribution < -0.4 is 5.73 Å². The van der Waals surface area contributed by atoms with Crippen LogP contribution in [0.5, 0.6) is 0 Å². The fraction of sp³-hybridized carbons (Fsp3) is 0.100. The van der Waals surface area contributed by atoms with Gasteiger partial charge < -0.3 is 5.73 Å². The van der Waals surface area contributed by atoms with Crippen LogP contribution in [0.4, 0.5) is 5.13 Å². The molecule has 0 fully saturated rings. The Kier molecular flexibility index (Phi) is 3.66. The number of anilines is 1. The number of rotatable bonds is 3. The van der Waals surface area contributed by atoms with Crippen LogP contribution in [0.25, 0.3) is 0 Å². The van der Waals surface area contributed by atoms with Crippen molar-refractivity contribution in [3.05, 3.63) is 39.8 Å². The summed E-state index contributed by atoms with van der Waals surface area (Å²) in [4.78, 5) is 6.46. The van der Waals surface area contributed by atoms with E-state index in [4.69, 9.17) is 5.73 Å². The Bertz CT molecular complexity index is 456. The van der Waals surface area contributed by atoms with Gasteiger partial charge >= 0.3 is 0 Å². The van der Waals surface area contributed by atoms with E-state index in [1.807, 2.05) is 24.4 Å². The molecule has 0 unspecified atom stereocenters. The van der Waals surface area contributed by atoms with Gasteiger partial charge in [-0.25, -0.2) is 4.98 Å². The van der Waals surface area contributed by atoms with Gasteiger partial charge in [0.05, 0.1) is 0 Å². The van der Waals surface area contributed by atoms with Gasteiger partial charge in [-0.2, -0.15) is 0 Å². The molecule has 15 heavy (non-hydrogen) atoms. The summed E-state index contributed by atoms with van der Waals surface area (Å²) >= 11 is 6.84. The van der Waals surface area contributed by atoms with E-state index in [-0.39, 0.29) is 0 Å². The van der Waals surface area contributed by atoms with Gasteiger partial charge in [0.1, 0.15) is 0 Å². The minimum absolute atomic E-state index is 0.637. The second kappa shape index (κ2) is 5.01. The molecule has 2 nitrogen and oxygen atoms in total. The zero-order valence-corrected chi connectivity index (χ0v) is 11.0. The molecule has 5 heteroatoms. The van der Waals surface area contributed by atoms with Crippen molar-refractivity contribution in [2.24, 2.45) is 0 Å². The van der Waals surface area contributed by atoms with Gasteiger partial charge in [0.25, 0.3) is 0 Å². The first-order valence-corrected chi connectivity index (χ1v) is 6.93. The minimum atomic E-state index is 0.637. The van der Waals surface area contributed by atoms with E-state index in [2.05, 4.69) is 27.0 Å². The number of aromatic nitrogens is 1. The summed E-state index contributed by atoms with van der Waals surface area (Å²) in [7, 11) is 0. The first-order chi connectivity index (χ1) is 7.25. The van der Waals surface area contributed by atoms with E-state index in [0.717, 1.165) is 10.2 Å². The summed E-state index contributed by atoms with van der Waals surface area (Å²) in [6.45, 7) is 0. The van der Waals surface area contributed by atoms with Crippen LogP contribution in [0.3, 0.4) is 0 Å². The molecule has 2 N–H and O–H groups in total. The second-order valence-corrected chi connectivity index (χ2v) is 5.90. The Morgan fingerprint density at radius 2 is 2.20 bits per heavy atom. The smallest absolute Gasteiger partial charge is 0.180 e. The Balaban J connectivity index is 2.02. The highest BCUT2D eigenvalue weighted by Crippen LogP contribution is 2.31. The summed E-state index contributed by atoms with van der Waals surface area (Å²) in [6, 6.07) is 8.19. The quantitative estimate of drug-likeness (QED) is 0.877. The molecule has 0 saturated carbocycles. The standard InChI is InChI=1S/C10H9BrN2S2/c11-8-3-1-2-4-9(8)14-6-7-5-13-10(12)15-7/h1-5H,6H2,(H2,12,13). The predicted molar refractivity (Wildman–Crippen MR) is 70.2 cm³/mol. The fourth-order valence-electron chi connectivity index (χ4n) is 1.10. The number of benzene rings is 1. The highest BCUT2D eigenvalue weighted by Gasteiger charge is 2.02. The number of nitrogen functional groups attached to an aromatic ring is 1. The van der Waals surface area contributed by atoms with Gasteiger partial charge in [-0.1, -0.05) is 12.1 Å². The van der Waals surface area contributed by atoms with Crippen molar-refractivity contribution < 1.29 is 0 Å². The third kappa shape index (κ3) is 2.96. The van der Waals surface area contributed by atoms with E-state index in [9.17, 15) is 0 Å². The van der Waals surface area contributed by atoms with Crippen molar-refractivity contribution in [1.82, 2.24) is 4.98 Å². The van der Waals surface area contributed by atoms with Crippen molar-refractivity contribution in [2.45, 2.75) is 10.6 Å². The number of halogens is 1. The maximum atomic E-state index is 5.57. The molecule has 0 aliphatic carbocycles. The lowest BCUT2D eigenvalue weighted by Gasteiger charge is -2.01. The third-order valence-electron chi connectivity index (χ3n) is 1.78. The Hall–Kier alpha value is -0.520. The molecular formula is C10H9BrN2S2. The zero-order chi connectivity index (χ0) is 10.7. The highest BCUT2D eigenvalue weighted by molar-refractivity contribution is 9.10. The molecule has 0 spiro atoms. The molecule has 1 aromatic heterocycles. The topological polar surface area (TPSA) is 38.9 Å². The first kappa shape index (κ1) is 11.0. The lowest BCUT2D eigenvalue weighted by molar-refractivity contribution is 1.35. The van der Waals surface area contributed by atoms with Crippen LogP contribution in [-0.2, 0) is 5.75 Å². The van der Waals surface area contributed by atoms with Crippen LogP contribution in [0.15, 0.2) is 39.8 Å². The lowest BCUT2D eigenvalue weighted by Crippen LogP contribution is -1.77. The van der Waals surface area contributed by atoms with E-state index in [1.165, 1.54) is 9.77 Å². The van der Waals surface area contributed by atoms with Crippen molar-refractivity contribution >= 4 is 44.2 Å². The number of nitrogens with zero attached hydrogens (tertiary/aromatic N) is 1. The molecule has 0 saturated heterocycles. The van der Waals surface area contributed by atoms with Gasteiger partial charge in [-0.05, 0) is 28.1 Å². The lowest BCUT2D eigenvalue weighted by atomic mass is 10.4. The first-order valence-electron chi connectivity index (χ1n) is 4.33. The molecule has 0 radical (unpaired) electrons. The SMILES string of the molecule is Nc1ncc(CSc2ccccc2Br)s1. The van der Waals surface area contributed by atoms with Gasteiger partial charge in [0.2, 0.25) is 0 Å². The second-order valence-electron chi connectivity index (χ2n) is 2.88. The fourth-order valence-corrected chi connectivity index (χ4v) is 3.37. The number of hydrogen-bond donors (Lipinski definition) is 1. The number of nitrogens with two attached hydrogens (primary N) is 1. The highest BCUT2D eigenvalue weighted by atomic mass is 79.9. The maximum absolute atomic E-state index is 5.57. The number of hydrogen-bond acceptors (Lipinski definition) is 4. The molecule has 2 aromatic rings. The van der Waals surface area contributed by atoms with E-state index < -0.39 is 0 Å². The Morgan fingerprint density at radius 1 is 1.40 bits per heavy atom. The predicted octanol–water partition coefficient (Wildman–Crippen LogP) is 3.78.